The number of carbonyl (C=O) groups is 4. The van der Waals surface area contributed by atoms with Gasteiger partial charge in [0.25, 0.3) is 0 Å². The number of hydrogen-bond acceptors (Lipinski definition) is 6. The lowest BCUT2D eigenvalue weighted by Gasteiger charge is -2.05. The molecule has 0 spiro atoms. The summed E-state index contributed by atoms with van der Waals surface area (Å²) in [5, 5.41) is 38.4. The topological polar surface area (TPSA) is 199 Å². The molecule has 162 valence electrons. The van der Waals surface area contributed by atoms with Crippen LogP contribution in [0.2, 0.25) is 0 Å². The van der Waals surface area contributed by atoms with Crippen molar-refractivity contribution >= 4 is 23.9 Å². The lowest BCUT2D eigenvalue weighted by atomic mass is 10.00. The van der Waals surface area contributed by atoms with Gasteiger partial charge in [-0.2, -0.15) is 0 Å². The van der Waals surface area contributed by atoms with Crippen LogP contribution < -0.4 is 0 Å². The molecule has 0 saturated heterocycles. The molecule has 0 aliphatic carbocycles. The quantitative estimate of drug-likeness (QED) is 0.304. The zero-order valence-electron chi connectivity index (χ0n) is 16.1. The predicted molar refractivity (Wildman–Crippen MR) is 99.6 cm³/mol. The third kappa shape index (κ3) is 4.18. The predicted octanol–water partition coefficient (Wildman–Crippen LogP) is 1.18. The van der Waals surface area contributed by atoms with E-state index in [9.17, 15) is 39.6 Å². The average molecular weight is 424 g/mol. The number of rotatable bonds is 11. The molecule has 0 aromatic carbocycles. The Morgan fingerprint density at radius 1 is 0.667 bits per heavy atom. The van der Waals surface area contributed by atoms with Crippen molar-refractivity contribution in [3.63, 3.8) is 0 Å². The molecular weight excluding hydrogens is 404 g/mol. The first-order valence-corrected chi connectivity index (χ1v) is 8.56. The second-order valence-corrected chi connectivity index (χ2v) is 6.16. The van der Waals surface area contributed by atoms with Gasteiger partial charge in [-0.15, -0.1) is 0 Å². The van der Waals surface area contributed by atoms with E-state index < -0.39 is 46.4 Å². The number of carboxylic acids is 4. The molecule has 0 amide bonds. The van der Waals surface area contributed by atoms with E-state index in [2.05, 4.69) is 9.97 Å². The molecule has 2 aromatic heterocycles. The molecule has 0 bridgehead atoms. The van der Waals surface area contributed by atoms with Crippen LogP contribution in [0.4, 0.5) is 0 Å². The molecule has 12 heteroatoms. The summed E-state index contributed by atoms with van der Waals surface area (Å²) >= 11 is 0. The van der Waals surface area contributed by atoms with Crippen molar-refractivity contribution in [2.75, 3.05) is 27.4 Å². The van der Waals surface area contributed by atoms with Crippen molar-refractivity contribution in [3.8, 4) is 11.4 Å². The average Bonchev–Trinajstić information content (AvgIpc) is 3.23. The number of hydrogen-bond donors (Lipinski definition) is 6. The van der Waals surface area contributed by atoms with Gasteiger partial charge in [-0.25, -0.2) is 19.2 Å². The summed E-state index contributed by atoms with van der Waals surface area (Å²) in [6.07, 6.45) is -0.163. The van der Waals surface area contributed by atoms with Crippen molar-refractivity contribution in [1.29, 1.82) is 0 Å². The molecule has 0 fully saturated rings. The molecule has 12 nitrogen and oxygen atoms in total. The summed E-state index contributed by atoms with van der Waals surface area (Å²) in [6, 6.07) is 0. The van der Waals surface area contributed by atoms with Crippen molar-refractivity contribution in [2.45, 2.75) is 12.8 Å². The normalized spacial score (nSPS) is 10.9. The molecule has 0 aliphatic rings. The van der Waals surface area contributed by atoms with Crippen LogP contribution in [0.15, 0.2) is 0 Å². The first-order chi connectivity index (χ1) is 14.1. The summed E-state index contributed by atoms with van der Waals surface area (Å²) in [5.41, 5.74) is -2.79. The molecule has 0 aliphatic heterocycles. The molecule has 2 rings (SSSR count). The minimum atomic E-state index is -1.51. The first-order valence-electron chi connectivity index (χ1n) is 8.56. The van der Waals surface area contributed by atoms with E-state index in [1.807, 2.05) is 0 Å². The second-order valence-electron chi connectivity index (χ2n) is 6.16. The van der Waals surface area contributed by atoms with Gasteiger partial charge in [-0.3, -0.25) is 0 Å². The van der Waals surface area contributed by atoms with Crippen LogP contribution in [0.5, 0.6) is 0 Å². The van der Waals surface area contributed by atoms with Gasteiger partial charge in [0.1, 0.15) is 11.4 Å². The monoisotopic (exact) mass is 424 g/mol. The van der Waals surface area contributed by atoms with Gasteiger partial charge in [0.05, 0.1) is 35.7 Å². The molecule has 0 atom stereocenters. The second kappa shape index (κ2) is 9.24. The molecule has 30 heavy (non-hydrogen) atoms. The zero-order valence-corrected chi connectivity index (χ0v) is 16.1. The van der Waals surface area contributed by atoms with Crippen LogP contribution in [0.3, 0.4) is 0 Å². The van der Waals surface area contributed by atoms with E-state index >= 15 is 0 Å². The van der Waals surface area contributed by atoms with Crippen molar-refractivity contribution in [1.82, 2.24) is 9.97 Å². The van der Waals surface area contributed by atoms with Crippen LogP contribution in [-0.4, -0.2) is 81.7 Å². The van der Waals surface area contributed by atoms with Crippen LogP contribution in [0.1, 0.15) is 52.8 Å². The number of nitrogens with one attached hydrogen (secondary N) is 2. The lowest BCUT2D eigenvalue weighted by Crippen LogP contribution is -2.09. The Morgan fingerprint density at radius 2 is 1.00 bits per heavy atom. The number of aromatic amines is 2. The van der Waals surface area contributed by atoms with E-state index in [0.717, 1.165) is 0 Å². The smallest absolute Gasteiger partial charge is 0.352 e. The van der Waals surface area contributed by atoms with E-state index in [4.69, 9.17) is 9.47 Å². The highest BCUT2D eigenvalue weighted by atomic mass is 16.5. The van der Waals surface area contributed by atoms with Crippen molar-refractivity contribution < 1.29 is 49.1 Å². The summed E-state index contributed by atoms with van der Waals surface area (Å²) in [7, 11) is 2.70. The number of ether oxygens (including phenoxy) is 2. The minimum absolute atomic E-state index is 0.00777. The Kier molecular flexibility index (Phi) is 6.97. The number of aromatic nitrogens is 2. The maximum Gasteiger partial charge on any atom is 0.352 e. The van der Waals surface area contributed by atoms with Crippen LogP contribution in [0.25, 0.3) is 11.4 Å². The Balaban J connectivity index is 2.89. The van der Waals surface area contributed by atoms with Gasteiger partial charge >= 0.3 is 23.9 Å². The molecule has 6 N–H and O–H groups in total. The first kappa shape index (κ1) is 22.6. The SMILES string of the molecule is COCCc1c(C(=O)O)[nH]c(-c2[nH]c(C(=O)O)c(CCOC)c2C(=O)O)c1C(=O)O. The van der Waals surface area contributed by atoms with E-state index in [1.165, 1.54) is 14.2 Å². The Morgan fingerprint density at radius 3 is 1.23 bits per heavy atom. The van der Waals surface area contributed by atoms with E-state index in [-0.39, 0.29) is 48.6 Å². The Hall–Kier alpha value is -3.64. The summed E-state index contributed by atoms with van der Waals surface area (Å²) in [4.78, 5) is 52.0. The van der Waals surface area contributed by atoms with Gasteiger partial charge in [-0.1, -0.05) is 0 Å². The van der Waals surface area contributed by atoms with E-state index in [0.29, 0.717) is 0 Å². The minimum Gasteiger partial charge on any atom is -0.478 e. The fourth-order valence-corrected chi connectivity index (χ4v) is 3.20. The van der Waals surface area contributed by atoms with E-state index in [1.54, 1.807) is 0 Å². The molecule has 2 heterocycles. The summed E-state index contributed by atoms with van der Waals surface area (Å²) in [6.45, 7) is 0.0155. The number of methoxy groups -OCH3 is 2. The van der Waals surface area contributed by atoms with Crippen LogP contribution >= 0.6 is 0 Å². The third-order valence-corrected chi connectivity index (χ3v) is 4.42. The summed E-state index contributed by atoms with van der Waals surface area (Å²) in [5.74, 6) is -5.95. The fraction of sp³-hybridized carbons (Fsp3) is 0.333. The Bertz CT molecular complexity index is 921. The summed E-state index contributed by atoms with van der Waals surface area (Å²) < 4.78 is 9.80. The van der Waals surface area contributed by atoms with Gasteiger partial charge in [0, 0.05) is 25.3 Å². The maximum atomic E-state index is 11.9. The largest absolute Gasteiger partial charge is 0.478 e. The van der Waals surface area contributed by atoms with Crippen LogP contribution in [-0.2, 0) is 22.3 Å². The molecule has 0 radical (unpaired) electrons. The van der Waals surface area contributed by atoms with Gasteiger partial charge in [0.2, 0.25) is 0 Å². The standard InChI is InChI=1S/C18H20N2O10/c1-29-5-3-7-9(15(21)22)13(19-11(7)17(25)26)14-10(16(23)24)8(4-6-30-2)12(20-14)18(27)28/h19-20H,3-6H2,1-2H3,(H,21,22)(H,23,24)(H,25,26)(H,27,28). The number of H-pyrrole nitrogens is 2. The number of carboxylic acid groups (broad SMARTS) is 4. The highest BCUT2D eigenvalue weighted by molar-refractivity contribution is 6.07. The maximum absolute atomic E-state index is 11.9. The van der Waals surface area contributed by atoms with Gasteiger partial charge in [-0.05, 0) is 12.8 Å². The molecular formula is C18H20N2O10. The lowest BCUT2D eigenvalue weighted by molar-refractivity contribution is 0.0673. The Labute approximate surface area is 169 Å². The van der Waals surface area contributed by atoms with Crippen LogP contribution in [0, 0.1) is 0 Å². The number of aromatic carboxylic acids is 4. The van der Waals surface area contributed by atoms with Crippen molar-refractivity contribution in [2.24, 2.45) is 0 Å². The molecule has 2 aromatic rings. The molecule has 0 unspecified atom stereocenters. The fourth-order valence-electron chi connectivity index (χ4n) is 3.20. The van der Waals surface area contributed by atoms with Crippen molar-refractivity contribution in [3.05, 3.63) is 33.6 Å². The third-order valence-electron chi connectivity index (χ3n) is 4.42. The zero-order chi connectivity index (χ0) is 22.6. The van der Waals surface area contributed by atoms with Gasteiger partial charge in [0.15, 0.2) is 0 Å². The highest BCUT2D eigenvalue weighted by Gasteiger charge is 2.33. The molecule has 0 saturated carbocycles. The van der Waals surface area contributed by atoms with Gasteiger partial charge < -0.3 is 39.9 Å². The highest BCUT2D eigenvalue weighted by Crippen LogP contribution is 2.34.